The van der Waals surface area contributed by atoms with Crippen LogP contribution in [0.5, 0.6) is 11.5 Å². The molecule has 0 saturated heterocycles. The van der Waals surface area contributed by atoms with Crippen LogP contribution in [0.3, 0.4) is 0 Å². The molecule has 0 atom stereocenters. The SMILES string of the molecule is COc1ccc2c(c1)c(-c1cc3c(ncc4c[nH]n(C(F)(F)F)[n+]43)n1)cn2C.COc1ccc2c(c1)c(-c1cc3nc(CNC(=O)C(F)(F)F)cnc3[nH]1)cn2C. The number of amides is 1. The highest BCUT2D eigenvalue weighted by Crippen LogP contribution is 2.35. The summed E-state index contributed by atoms with van der Waals surface area (Å²) in [5.41, 5.74) is 6.93. The fourth-order valence-electron chi connectivity index (χ4n) is 6.66. The molecule has 9 aromatic rings. The van der Waals surface area contributed by atoms with E-state index in [1.807, 2.05) is 72.0 Å². The third-order valence-electron chi connectivity index (χ3n) is 9.33. The zero-order chi connectivity index (χ0) is 40.4. The Hall–Kier alpha value is -7.12. The number of carbonyl (C=O) groups excluding carboxylic acids is 1. The predicted octanol–water partition coefficient (Wildman–Crippen LogP) is 6.45. The Morgan fingerprint density at radius 1 is 0.842 bits per heavy atom. The number of aromatic amines is 2. The van der Waals surface area contributed by atoms with E-state index in [0.717, 1.165) is 48.9 Å². The summed E-state index contributed by atoms with van der Waals surface area (Å²) in [6.07, 6.45) is -1.77. The van der Waals surface area contributed by atoms with Crippen LogP contribution in [0.2, 0.25) is 0 Å². The van der Waals surface area contributed by atoms with Gasteiger partial charge in [0.25, 0.3) is 0 Å². The summed E-state index contributed by atoms with van der Waals surface area (Å²) < 4.78 is 92.6. The molecule has 292 valence electrons. The first kappa shape index (κ1) is 36.8. The number of halogens is 6. The van der Waals surface area contributed by atoms with Crippen molar-refractivity contribution in [2.45, 2.75) is 19.0 Å². The predicted molar refractivity (Wildman–Crippen MR) is 195 cm³/mol. The molecule has 0 fully saturated rings. The number of carbonyl (C=O) groups is 1. The number of nitrogens with one attached hydrogen (secondary N) is 3. The third-order valence-corrected chi connectivity index (χ3v) is 9.33. The lowest BCUT2D eigenvalue weighted by Crippen LogP contribution is -2.41. The van der Waals surface area contributed by atoms with Crippen LogP contribution in [0.15, 0.2) is 79.5 Å². The molecule has 57 heavy (non-hydrogen) atoms. The van der Waals surface area contributed by atoms with Gasteiger partial charge in [-0.25, -0.2) is 19.9 Å². The second-order valence-corrected chi connectivity index (χ2v) is 12.9. The molecule has 1 amide bonds. The van der Waals surface area contributed by atoms with Gasteiger partial charge in [0, 0.05) is 70.3 Å². The Morgan fingerprint density at radius 3 is 2.12 bits per heavy atom. The molecule has 9 rings (SSSR count). The van der Waals surface area contributed by atoms with Crippen molar-refractivity contribution in [2.75, 3.05) is 14.2 Å². The van der Waals surface area contributed by atoms with E-state index in [2.05, 4.69) is 30.0 Å². The van der Waals surface area contributed by atoms with Gasteiger partial charge in [0.15, 0.2) is 11.8 Å². The number of benzene rings is 2. The summed E-state index contributed by atoms with van der Waals surface area (Å²) in [6, 6.07) is 14.8. The maximum absolute atomic E-state index is 13.4. The van der Waals surface area contributed by atoms with Crippen molar-refractivity contribution >= 4 is 55.6 Å². The highest BCUT2D eigenvalue weighted by Gasteiger charge is 2.40. The van der Waals surface area contributed by atoms with Gasteiger partial charge in [0.05, 0.1) is 50.2 Å². The van der Waals surface area contributed by atoms with Crippen LogP contribution in [0.1, 0.15) is 5.69 Å². The monoisotopic (exact) mass is 790 g/mol. The zero-order valence-electron chi connectivity index (χ0n) is 30.3. The Bertz CT molecular complexity index is 2990. The first-order chi connectivity index (χ1) is 27.1. The van der Waals surface area contributed by atoms with Crippen LogP contribution < -0.4 is 19.3 Å². The number of rotatable bonds is 6. The summed E-state index contributed by atoms with van der Waals surface area (Å²) in [7, 11) is 7.01. The van der Waals surface area contributed by atoms with Gasteiger partial charge in [-0.1, -0.05) is 0 Å². The lowest BCUT2D eigenvalue weighted by Gasteiger charge is -2.06. The minimum atomic E-state index is -4.94. The fourth-order valence-corrected chi connectivity index (χ4v) is 6.66. The minimum Gasteiger partial charge on any atom is -0.497 e. The van der Waals surface area contributed by atoms with Crippen molar-refractivity contribution < 1.29 is 45.1 Å². The quantitative estimate of drug-likeness (QED) is 0.130. The maximum Gasteiger partial charge on any atom is 0.551 e. The van der Waals surface area contributed by atoms with E-state index < -0.39 is 18.4 Å². The van der Waals surface area contributed by atoms with E-state index in [4.69, 9.17) is 9.47 Å². The summed E-state index contributed by atoms with van der Waals surface area (Å²) >= 11 is 0. The largest absolute Gasteiger partial charge is 0.551 e. The number of hydrogen-bond acceptors (Lipinski definition) is 7. The molecule has 7 aromatic heterocycles. The summed E-state index contributed by atoms with van der Waals surface area (Å²) in [5, 5.41) is 5.86. The van der Waals surface area contributed by atoms with Gasteiger partial charge in [-0.3, -0.25) is 4.79 Å². The van der Waals surface area contributed by atoms with E-state index in [-0.39, 0.29) is 33.7 Å². The Labute approximate surface area is 316 Å². The minimum absolute atomic E-state index is 0.101. The molecular weight excluding hydrogens is 760 g/mol. The Balaban J connectivity index is 0.000000160. The van der Waals surface area contributed by atoms with Crippen LogP contribution in [0.4, 0.5) is 26.3 Å². The number of fused-ring (bicyclic) bond motifs is 6. The molecule has 0 unspecified atom stereocenters. The number of aromatic nitrogens is 10. The van der Waals surface area contributed by atoms with Gasteiger partial charge in [-0.15, -0.1) is 17.7 Å². The average Bonchev–Trinajstić information content (AvgIpc) is 4.01. The first-order valence-electron chi connectivity index (χ1n) is 16.9. The smallest absolute Gasteiger partial charge is 0.497 e. The van der Waals surface area contributed by atoms with Crippen molar-refractivity contribution in [3.63, 3.8) is 0 Å². The van der Waals surface area contributed by atoms with Gasteiger partial charge in [0.1, 0.15) is 17.0 Å². The van der Waals surface area contributed by atoms with Crippen LogP contribution in [-0.2, 0) is 31.7 Å². The number of ether oxygens (including phenoxy) is 2. The molecule has 20 heteroatoms. The molecule has 2 aromatic carbocycles. The maximum atomic E-state index is 13.4. The molecular formula is C37H30F6N11O3+. The van der Waals surface area contributed by atoms with Crippen molar-refractivity contribution in [2.24, 2.45) is 14.1 Å². The molecule has 0 aliphatic heterocycles. The Morgan fingerprint density at radius 2 is 1.49 bits per heavy atom. The molecule has 14 nitrogen and oxygen atoms in total. The van der Waals surface area contributed by atoms with Gasteiger partial charge in [0.2, 0.25) is 16.7 Å². The van der Waals surface area contributed by atoms with E-state index >= 15 is 0 Å². The molecule has 0 aliphatic rings. The van der Waals surface area contributed by atoms with Crippen molar-refractivity contribution in [3.05, 3.63) is 85.2 Å². The Kier molecular flexibility index (Phi) is 8.77. The molecule has 0 radical (unpaired) electrons. The van der Waals surface area contributed by atoms with Crippen molar-refractivity contribution in [1.82, 2.24) is 49.3 Å². The molecule has 0 bridgehead atoms. The zero-order valence-corrected chi connectivity index (χ0v) is 30.3. The summed E-state index contributed by atoms with van der Waals surface area (Å²) in [6.45, 7) is -0.368. The summed E-state index contributed by atoms with van der Waals surface area (Å²) in [5.74, 6) is -0.606. The summed E-state index contributed by atoms with van der Waals surface area (Å²) in [4.78, 5) is 31.4. The van der Waals surface area contributed by atoms with E-state index in [1.54, 1.807) is 31.7 Å². The van der Waals surface area contributed by atoms with Gasteiger partial charge >= 0.3 is 18.4 Å². The number of aryl methyl sites for hydroxylation is 2. The van der Waals surface area contributed by atoms with Crippen LogP contribution >= 0.6 is 0 Å². The van der Waals surface area contributed by atoms with Gasteiger partial charge in [-0.2, -0.15) is 18.3 Å². The number of methoxy groups -OCH3 is 2. The standard InChI is InChI=1S/C19H16F3N5O2.C18H13F3N6O/c1-27-9-13(12-5-11(29-2)3-4-16(12)27)14-6-15-17(26-14)23-7-10(25-15)8-24-18(28)19(20,21)22;1-25-9-13(12-5-11(28-2)3-4-15(12)25)14-6-16-17(24-14)22-7-10-8-23-27(26(10)16)18(19,20)21/h3-7,9H,8H2,1-2H3,(H,23,26)(H,24,28);3-9H,1-2H3/p+1. The van der Waals surface area contributed by atoms with Gasteiger partial charge < -0.3 is 28.9 Å². The van der Waals surface area contributed by atoms with Crippen molar-refractivity contribution in [1.29, 1.82) is 0 Å². The lowest BCUT2D eigenvalue weighted by atomic mass is 10.1. The highest BCUT2D eigenvalue weighted by molar-refractivity contribution is 5.99. The molecule has 0 spiro atoms. The van der Waals surface area contributed by atoms with Crippen LogP contribution in [0.25, 0.3) is 72.2 Å². The molecule has 0 aliphatic carbocycles. The highest BCUT2D eigenvalue weighted by atomic mass is 19.4. The number of hydrogen-bond donors (Lipinski definition) is 3. The number of nitrogens with zero attached hydrogens (tertiary/aromatic N) is 8. The topological polar surface area (TPSA) is 150 Å². The molecule has 3 N–H and O–H groups in total. The normalized spacial score (nSPS) is 12.2. The number of alkyl halides is 6. The average molecular weight is 791 g/mol. The fraction of sp³-hybridized carbons (Fsp3) is 0.189. The second-order valence-electron chi connectivity index (χ2n) is 12.9. The molecule has 7 heterocycles. The second kappa shape index (κ2) is 13.6. The van der Waals surface area contributed by atoms with E-state index in [1.165, 1.54) is 18.6 Å². The third kappa shape index (κ3) is 6.67. The van der Waals surface area contributed by atoms with Crippen molar-refractivity contribution in [3.8, 4) is 34.0 Å². The van der Waals surface area contributed by atoms with E-state index in [0.29, 0.717) is 22.6 Å². The first-order valence-corrected chi connectivity index (χ1v) is 16.9. The van der Waals surface area contributed by atoms with E-state index in [9.17, 15) is 31.1 Å². The van der Waals surface area contributed by atoms with Crippen LogP contribution in [0, 0.1) is 0 Å². The molecule has 0 saturated carbocycles. The van der Waals surface area contributed by atoms with Crippen LogP contribution in [-0.4, -0.2) is 70.3 Å². The van der Waals surface area contributed by atoms with Gasteiger partial charge in [-0.05, 0) is 42.5 Å². The lowest BCUT2D eigenvalue weighted by molar-refractivity contribution is -0.630. The number of H-pyrrole nitrogens is 2.